The molecule has 1 aromatic heterocycles. The van der Waals surface area contributed by atoms with E-state index in [1.54, 1.807) is 10.9 Å². The highest BCUT2D eigenvalue weighted by atomic mass is 16.6. The van der Waals surface area contributed by atoms with Crippen LogP contribution >= 0.6 is 0 Å². The van der Waals surface area contributed by atoms with Crippen LogP contribution in [-0.4, -0.2) is 90.0 Å². The quantitative estimate of drug-likeness (QED) is 0.218. The lowest BCUT2D eigenvalue weighted by Crippen LogP contribution is -2.33. The van der Waals surface area contributed by atoms with E-state index in [9.17, 15) is 19.2 Å². The van der Waals surface area contributed by atoms with Crippen LogP contribution in [0.15, 0.2) is 18.3 Å². The molecule has 31 heavy (non-hydrogen) atoms. The zero-order chi connectivity index (χ0) is 22.5. The molecule has 0 fully saturated rings. The number of carbonyl (C=O) groups excluding carboxylic acids is 4. The number of amides is 3. The molecular weight excluding hydrogens is 414 g/mol. The number of ether oxygens (including phenoxy) is 4. The number of alkyl carbamates (subject to hydrolysis) is 1. The van der Waals surface area contributed by atoms with Crippen LogP contribution in [0.25, 0.3) is 0 Å². The molecule has 2 rings (SSSR count). The Bertz CT molecular complexity index is 776. The Morgan fingerprint density at radius 2 is 1.58 bits per heavy atom. The minimum atomic E-state index is -0.638. The van der Waals surface area contributed by atoms with Crippen LogP contribution in [0.1, 0.15) is 12.6 Å². The van der Waals surface area contributed by atoms with Crippen molar-refractivity contribution >= 4 is 23.9 Å². The van der Waals surface area contributed by atoms with E-state index in [0.29, 0.717) is 25.5 Å². The summed E-state index contributed by atoms with van der Waals surface area (Å²) in [6, 6.07) is 0. The Hall–Kier alpha value is -3.32. The Balaban J connectivity index is 1.47. The predicted molar refractivity (Wildman–Crippen MR) is 102 cm³/mol. The minimum Gasteiger partial charge on any atom is -0.463 e. The summed E-state index contributed by atoms with van der Waals surface area (Å²) in [5.74, 6) is -1.09. The fourth-order valence-corrected chi connectivity index (χ4v) is 2.35. The molecule has 170 valence electrons. The zero-order valence-electron chi connectivity index (χ0n) is 17.2. The van der Waals surface area contributed by atoms with Gasteiger partial charge < -0.3 is 24.3 Å². The van der Waals surface area contributed by atoms with E-state index in [0.717, 1.165) is 4.90 Å². The van der Waals surface area contributed by atoms with Crippen molar-refractivity contribution in [1.29, 1.82) is 0 Å². The van der Waals surface area contributed by atoms with E-state index < -0.39 is 6.09 Å². The number of nitrogens with one attached hydrogen (secondary N) is 1. The molecule has 3 amide bonds. The molecule has 0 saturated carbocycles. The van der Waals surface area contributed by atoms with Gasteiger partial charge in [-0.25, -0.2) is 9.48 Å². The van der Waals surface area contributed by atoms with Crippen LogP contribution in [0.5, 0.6) is 0 Å². The van der Waals surface area contributed by atoms with Crippen LogP contribution in [0.4, 0.5) is 4.79 Å². The van der Waals surface area contributed by atoms with Crippen molar-refractivity contribution in [3.05, 3.63) is 24.0 Å². The standard InChI is InChI=1S/C18H25N5O8/c1-14(24)30-10-8-28-6-4-22-13-15(20-21-22)12-19-18(27)31-11-9-29-7-5-23-16(25)2-3-17(23)26/h2-3,13H,4-12H2,1H3,(H,19,27). The van der Waals surface area contributed by atoms with Crippen LogP contribution in [0.3, 0.4) is 0 Å². The van der Waals surface area contributed by atoms with Crippen molar-refractivity contribution < 1.29 is 38.1 Å². The predicted octanol–water partition coefficient (Wildman–Crippen LogP) is -0.974. The maximum atomic E-state index is 11.7. The number of imide groups is 1. The van der Waals surface area contributed by atoms with E-state index in [1.165, 1.54) is 19.1 Å². The van der Waals surface area contributed by atoms with Crippen LogP contribution in [-0.2, 0) is 46.4 Å². The average Bonchev–Trinajstić information content (AvgIpc) is 3.32. The topological polar surface area (TPSA) is 151 Å². The molecule has 0 spiro atoms. The molecular formula is C18H25N5O8. The van der Waals surface area contributed by atoms with Crippen molar-refractivity contribution in [2.45, 2.75) is 20.0 Å². The molecule has 13 heteroatoms. The molecule has 0 unspecified atom stereocenters. The van der Waals surface area contributed by atoms with Crippen molar-refractivity contribution in [2.24, 2.45) is 0 Å². The van der Waals surface area contributed by atoms with Gasteiger partial charge in [0.1, 0.15) is 18.9 Å². The second kappa shape index (κ2) is 13.1. The third-order valence-corrected chi connectivity index (χ3v) is 3.82. The molecule has 0 atom stereocenters. The van der Waals surface area contributed by atoms with Crippen molar-refractivity contribution in [3.63, 3.8) is 0 Å². The first-order valence-corrected chi connectivity index (χ1v) is 9.57. The summed E-state index contributed by atoms with van der Waals surface area (Å²) in [5.41, 5.74) is 0.543. The summed E-state index contributed by atoms with van der Waals surface area (Å²) in [6.07, 6.45) is 3.43. The Labute approximate surface area is 178 Å². The van der Waals surface area contributed by atoms with E-state index >= 15 is 0 Å². The minimum absolute atomic E-state index is 0.0172. The lowest BCUT2D eigenvalue weighted by molar-refractivity contribution is -0.142. The summed E-state index contributed by atoms with van der Waals surface area (Å²) >= 11 is 0. The number of hydrogen-bond acceptors (Lipinski definition) is 10. The first-order valence-electron chi connectivity index (χ1n) is 9.57. The molecule has 2 heterocycles. The fourth-order valence-electron chi connectivity index (χ4n) is 2.35. The van der Waals surface area contributed by atoms with Crippen molar-refractivity contribution in [2.75, 3.05) is 46.2 Å². The largest absolute Gasteiger partial charge is 0.463 e. The van der Waals surface area contributed by atoms with Gasteiger partial charge >= 0.3 is 12.1 Å². The normalized spacial score (nSPS) is 13.0. The maximum Gasteiger partial charge on any atom is 0.407 e. The van der Waals surface area contributed by atoms with Crippen LogP contribution < -0.4 is 5.32 Å². The highest BCUT2D eigenvalue weighted by Crippen LogP contribution is 2.02. The molecule has 0 aromatic carbocycles. The smallest absolute Gasteiger partial charge is 0.407 e. The summed E-state index contributed by atoms with van der Waals surface area (Å²) in [7, 11) is 0. The van der Waals surface area contributed by atoms with E-state index in [4.69, 9.17) is 18.9 Å². The van der Waals surface area contributed by atoms with Gasteiger partial charge in [-0.15, -0.1) is 5.10 Å². The van der Waals surface area contributed by atoms with Gasteiger partial charge in [-0.3, -0.25) is 19.3 Å². The summed E-state index contributed by atoms with van der Waals surface area (Å²) < 4.78 is 21.8. The monoisotopic (exact) mass is 439 g/mol. The van der Waals surface area contributed by atoms with Gasteiger partial charge in [0, 0.05) is 19.1 Å². The van der Waals surface area contributed by atoms with Gasteiger partial charge in [0.2, 0.25) is 0 Å². The average molecular weight is 439 g/mol. The molecule has 0 radical (unpaired) electrons. The van der Waals surface area contributed by atoms with Crippen molar-refractivity contribution in [1.82, 2.24) is 25.2 Å². The second-order valence-electron chi connectivity index (χ2n) is 6.19. The molecule has 0 aliphatic carbocycles. The lowest BCUT2D eigenvalue weighted by atomic mass is 10.5. The van der Waals surface area contributed by atoms with Gasteiger partial charge in [-0.1, -0.05) is 5.21 Å². The molecule has 1 aliphatic heterocycles. The van der Waals surface area contributed by atoms with Crippen LogP contribution in [0.2, 0.25) is 0 Å². The third-order valence-electron chi connectivity index (χ3n) is 3.82. The first kappa shape index (κ1) is 24.0. The first-order chi connectivity index (χ1) is 15.0. The number of esters is 1. The molecule has 1 N–H and O–H groups in total. The Kier molecular flexibility index (Phi) is 10.1. The summed E-state index contributed by atoms with van der Waals surface area (Å²) in [6.45, 7) is 3.24. The van der Waals surface area contributed by atoms with E-state index in [-0.39, 0.29) is 57.3 Å². The number of carbonyl (C=O) groups is 4. The highest BCUT2D eigenvalue weighted by Gasteiger charge is 2.22. The van der Waals surface area contributed by atoms with Gasteiger partial charge in [0.25, 0.3) is 11.8 Å². The van der Waals surface area contributed by atoms with E-state index in [1.807, 2.05) is 0 Å². The Morgan fingerprint density at radius 1 is 0.935 bits per heavy atom. The highest BCUT2D eigenvalue weighted by molar-refractivity contribution is 6.12. The fraction of sp³-hybridized carbons (Fsp3) is 0.556. The summed E-state index contributed by atoms with van der Waals surface area (Å²) in [4.78, 5) is 46.0. The molecule has 1 aliphatic rings. The van der Waals surface area contributed by atoms with Gasteiger partial charge in [0.15, 0.2) is 0 Å². The molecule has 13 nitrogen and oxygen atoms in total. The maximum absolute atomic E-state index is 11.7. The molecule has 0 bridgehead atoms. The zero-order valence-corrected chi connectivity index (χ0v) is 17.2. The molecule has 1 aromatic rings. The van der Waals surface area contributed by atoms with Gasteiger partial charge in [-0.2, -0.15) is 0 Å². The van der Waals surface area contributed by atoms with Gasteiger partial charge in [-0.05, 0) is 0 Å². The van der Waals surface area contributed by atoms with Crippen LogP contribution in [0, 0.1) is 0 Å². The number of rotatable bonds is 14. The Morgan fingerprint density at radius 3 is 2.26 bits per heavy atom. The summed E-state index contributed by atoms with van der Waals surface area (Å²) in [5, 5.41) is 10.4. The number of nitrogens with zero attached hydrogens (tertiary/aromatic N) is 4. The number of aromatic nitrogens is 3. The number of hydrogen-bond donors (Lipinski definition) is 1. The van der Waals surface area contributed by atoms with Crippen molar-refractivity contribution in [3.8, 4) is 0 Å². The lowest BCUT2D eigenvalue weighted by Gasteiger charge is -2.13. The van der Waals surface area contributed by atoms with Gasteiger partial charge in [0.05, 0.1) is 52.3 Å². The van der Waals surface area contributed by atoms with E-state index in [2.05, 4.69) is 15.6 Å². The SMILES string of the molecule is CC(=O)OCCOCCn1cc(CNC(=O)OCCOCCN2C(=O)C=CC2=O)nn1. The third kappa shape index (κ3) is 9.35. The second-order valence-corrected chi connectivity index (χ2v) is 6.19. The molecule has 0 saturated heterocycles.